The number of nitrogens with zero attached hydrogens (tertiary/aromatic N) is 1. The molecule has 1 atom stereocenters. The molecule has 0 aliphatic carbocycles. The molecule has 51 valence electrons. The largest absolute Gasteiger partial charge is 0.391 e. The summed E-state index contributed by atoms with van der Waals surface area (Å²) in [6.07, 6.45) is -0.186. The van der Waals surface area contributed by atoms with Crippen LogP contribution in [0.5, 0.6) is 0 Å². The fourth-order valence-electron chi connectivity index (χ4n) is 0.967. The predicted octanol–water partition coefficient (Wildman–Crippen LogP) is -0.586. The quantitative estimate of drug-likeness (QED) is 0.513. The monoisotopic (exact) mass is 128 g/mol. The number of hydrogen-bond donors (Lipinski definition) is 1. The zero-order chi connectivity index (χ0) is 6.85. The van der Waals surface area contributed by atoms with E-state index in [1.807, 2.05) is 0 Å². The highest BCUT2D eigenvalue weighted by Gasteiger charge is 2.25. The Morgan fingerprint density at radius 2 is 2.56 bits per heavy atom. The fourth-order valence-corrected chi connectivity index (χ4v) is 0.967. The van der Waals surface area contributed by atoms with Crippen LogP contribution in [0.3, 0.4) is 0 Å². The molecule has 1 rings (SSSR count). The molecule has 1 radical (unpaired) electrons. The minimum Gasteiger partial charge on any atom is -0.391 e. The van der Waals surface area contributed by atoms with Gasteiger partial charge in [0.2, 0.25) is 5.91 Å². The lowest BCUT2D eigenvalue weighted by atomic mass is 10.3. The molecule has 3 nitrogen and oxygen atoms in total. The van der Waals surface area contributed by atoms with Gasteiger partial charge in [-0.05, 0) is 6.92 Å². The first kappa shape index (κ1) is 6.55. The van der Waals surface area contributed by atoms with Crippen LogP contribution in [0.15, 0.2) is 0 Å². The third kappa shape index (κ3) is 1.21. The number of aliphatic hydroxyl groups is 1. The van der Waals surface area contributed by atoms with Gasteiger partial charge in [-0.15, -0.1) is 0 Å². The lowest BCUT2D eigenvalue weighted by Crippen LogP contribution is -2.25. The van der Waals surface area contributed by atoms with Crippen molar-refractivity contribution in [2.24, 2.45) is 0 Å². The fraction of sp³-hybridized carbons (Fsp3) is 0.667. The van der Waals surface area contributed by atoms with E-state index in [2.05, 4.69) is 6.92 Å². The molecule has 1 unspecified atom stereocenters. The first-order chi connectivity index (χ1) is 4.24. The van der Waals surface area contributed by atoms with Crippen LogP contribution in [-0.2, 0) is 4.79 Å². The molecule has 0 saturated carbocycles. The molecule has 0 spiro atoms. The maximum atomic E-state index is 10.7. The average molecular weight is 128 g/mol. The van der Waals surface area contributed by atoms with Crippen LogP contribution in [0, 0.1) is 6.92 Å². The van der Waals surface area contributed by atoms with E-state index in [9.17, 15) is 4.79 Å². The zero-order valence-corrected chi connectivity index (χ0v) is 5.21. The van der Waals surface area contributed by atoms with E-state index < -0.39 is 6.10 Å². The van der Waals surface area contributed by atoms with Gasteiger partial charge in [-0.2, -0.15) is 0 Å². The number of amides is 1. The number of rotatable bonds is 1. The van der Waals surface area contributed by atoms with Crippen LogP contribution in [-0.4, -0.2) is 35.1 Å². The van der Waals surface area contributed by atoms with Crippen molar-refractivity contribution in [3.63, 3.8) is 0 Å². The van der Waals surface area contributed by atoms with Gasteiger partial charge in [0.25, 0.3) is 0 Å². The Hall–Kier alpha value is -0.570. The highest BCUT2D eigenvalue weighted by molar-refractivity contribution is 5.79. The number of carbonyl (C=O) groups is 1. The normalized spacial score (nSPS) is 27.6. The van der Waals surface area contributed by atoms with Crippen molar-refractivity contribution < 1.29 is 9.90 Å². The summed E-state index contributed by atoms with van der Waals surface area (Å²) in [5.41, 5.74) is 0. The van der Waals surface area contributed by atoms with Crippen LogP contribution in [0.25, 0.3) is 0 Å². The van der Waals surface area contributed by atoms with Crippen molar-refractivity contribution in [3.8, 4) is 0 Å². The standard InChI is InChI=1S/C6H10NO2/c1-2-7-4-5(8)3-6(7)9/h5,8H,1-4H2. The molecule has 0 aromatic rings. The second kappa shape index (κ2) is 2.35. The van der Waals surface area contributed by atoms with E-state index >= 15 is 0 Å². The average Bonchev–Trinajstić information content (AvgIpc) is 2.10. The summed E-state index contributed by atoms with van der Waals surface area (Å²) >= 11 is 0. The SMILES string of the molecule is [CH2]CN1CC(O)CC1=O. The van der Waals surface area contributed by atoms with Crippen LogP contribution in [0.1, 0.15) is 6.42 Å². The number of β-amino-alcohol motifs (C(OH)–C–C–N with tert-alkyl or cyclic N) is 1. The molecular weight excluding hydrogens is 118 g/mol. The molecule has 0 aromatic carbocycles. The summed E-state index contributed by atoms with van der Waals surface area (Å²) in [4.78, 5) is 12.3. The molecule has 1 aliphatic heterocycles. The maximum absolute atomic E-state index is 10.7. The molecule has 1 fully saturated rings. The minimum atomic E-state index is -0.459. The van der Waals surface area contributed by atoms with Gasteiger partial charge in [-0.3, -0.25) is 4.79 Å². The van der Waals surface area contributed by atoms with Crippen molar-refractivity contribution in [1.29, 1.82) is 0 Å². The molecule has 1 aliphatic rings. The number of carbonyl (C=O) groups excluding carboxylic acids is 1. The van der Waals surface area contributed by atoms with Gasteiger partial charge in [0, 0.05) is 13.1 Å². The van der Waals surface area contributed by atoms with Crippen LogP contribution < -0.4 is 0 Å². The van der Waals surface area contributed by atoms with E-state index in [-0.39, 0.29) is 12.3 Å². The predicted molar refractivity (Wildman–Crippen MR) is 32.6 cm³/mol. The lowest BCUT2D eigenvalue weighted by molar-refractivity contribution is -0.127. The first-order valence-corrected chi connectivity index (χ1v) is 2.99. The van der Waals surface area contributed by atoms with E-state index in [1.165, 1.54) is 0 Å². The van der Waals surface area contributed by atoms with Crippen molar-refractivity contribution >= 4 is 5.91 Å². The smallest absolute Gasteiger partial charge is 0.225 e. The summed E-state index contributed by atoms with van der Waals surface area (Å²) in [7, 11) is 0. The molecule has 3 heteroatoms. The highest BCUT2D eigenvalue weighted by Crippen LogP contribution is 2.08. The second-order valence-electron chi connectivity index (χ2n) is 2.20. The second-order valence-corrected chi connectivity index (χ2v) is 2.20. The molecular formula is C6H10NO2. The van der Waals surface area contributed by atoms with Gasteiger partial charge in [0.05, 0.1) is 12.5 Å². The van der Waals surface area contributed by atoms with Gasteiger partial charge in [-0.25, -0.2) is 0 Å². The Morgan fingerprint density at radius 3 is 2.78 bits per heavy atom. The van der Waals surface area contributed by atoms with E-state index in [0.717, 1.165) is 0 Å². The van der Waals surface area contributed by atoms with Gasteiger partial charge in [-0.1, -0.05) is 0 Å². The Morgan fingerprint density at radius 1 is 1.89 bits per heavy atom. The first-order valence-electron chi connectivity index (χ1n) is 2.99. The number of hydrogen-bond acceptors (Lipinski definition) is 2. The molecule has 9 heavy (non-hydrogen) atoms. The molecule has 0 aromatic heterocycles. The maximum Gasteiger partial charge on any atom is 0.225 e. The lowest BCUT2D eigenvalue weighted by Gasteiger charge is -2.10. The molecule has 1 amide bonds. The Balaban J connectivity index is 2.48. The molecule has 1 N–H and O–H groups in total. The van der Waals surface area contributed by atoms with Crippen molar-refractivity contribution in [3.05, 3.63) is 6.92 Å². The Bertz CT molecular complexity index is 124. The van der Waals surface area contributed by atoms with Crippen LogP contribution in [0.2, 0.25) is 0 Å². The summed E-state index contributed by atoms with van der Waals surface area (Å²) in [5, 5.41) is 8.91. The van der Waals surface area contributed by atoms with Crippen molar-refractivity contribution in [2.75, 3.05) is 13.1 Å². The third-order valence-electron chi connectivity index (χ3n) is 1.46. The summed E-state index contributed by atoms with van der Waals surface area (Å²) in [5.74, 6) is 0.0116. The van der Waals surface area contributed by atoms with Gasteiger partial charge in [0.15, 0.2) is 0 Å². The Labute approximate surface area is 54.3 Å². The minimum absolute atomic E-state index is 0.0116. The topological polar surface area (TPSA) is 40.5 Å². The van der Waals surface area contributed by atoms with Gasteiger partial charge < -0.3 is 10.0 Å². The van der Waals surface area contributed by atoms with E-state index in [0.29, 0.717) is 13.1 Å². The van der Waals surface area contributed by atoms with E-state index in [1.54, 1.807) is 4.90 Å². The van der Waals surface area contributed by atoms with Crippen molar-refractivity contribution in [1.82, 2.24) is 4.90 Å². The van der Waals surface area contributed by atoms with E-state index in [4.69, 9.17) is 5.11 Å². The molecule has 0 bridgehead atoms. The zero-order valence-electron chi connectivity index (χ0n) is 5.21. The molecule has 1 heterocycles. The van der Waals surface area contributed by atoms with Crippen molar-refractivity contribution in [2.45, 2.75) is 12.5 Å². The summed E-state index contributed by atoms with van der Waals surface area (Å²) < 4.78 is 0. The summed E-state index contributed by atoms with van der Waals surface area (Å²) in [6, 6.07) is 0. The molecule has 1 saturated heterocycles. The third-order valence-corrected chi connectivity index (χ3v) is 1.46. The summed E-state index contributed by atoms with van der Waals surface area (Å²) in [6.45, 7) is 4.48. The van der Waals surface area contributed by atoms with Gasteiger partial charge >= 0.3 is 0 Å². The van der Waals surface area contributed by atoms with Crippen LogP contribution >= 0.6 is 0 Å². The Kier molecular flexibility index (Phi) is 1.71. The van der Waals surface area contributed by atoms with Gasteiger partial charge in [0.1, 0.15) is 0 Å². The number of aliphatic hydroxyl groups excluding tert-OH is 1. The van der Waals surface area contributed by atoms with Crippen LogP contribution in [0.4, 0.5) is 0 Å². The number of likely N-dealkylation sites (tertiary alicyclic amines) is 1. The highest BCUT2D eigenvalue weighted by atomic mass is 16.3.